The minimum absolute atomic E-state index is 0.0252. The van der Waals surface area contributed by atoms with E-state index in [0.717, 1.165) is 41.6 Å². The molecule has 1 aliphatic heterocycles. The van der Waals surface area contributed by atoms with E-state index < -0.39 is 42.2 Å². The van der Waals surface area contributed by atoms with Gasteiger partial charge in [-0.2, -0.15) is 0 Å². The van der Waals surface area contributed by atoms with Crippen LogP contribution in [0.15, 0.2) is 72.3 Å². The van der Waals surface area contributed by atoms with Gasteiger partial charge in [-0.25, -0.2) is 0 Å². The number of carbonyl (C=O) groups excluding carboxylic acids is 1. The van der Waals surface area contributed by atoms with E-state index in [-0.39, 0.29) is 29.0 Å². The Kier molecular flexibility index (Phi) is 6.57. The number of anilines is 1. The van der Waals surface area contributed by atoms with E-state index in [2.05, 4.69) is 26.0 Å². The molecule has 10 atom stereocenters. The van der Waals surface area contributed by atoms with Crippen molar-refractivity contribution in [1.82, 2.24) is 0 Å². The molecule has 7 heteroatoms. The van der Waals surface area contributed by atoms with Crippen LogP contribution in [0.25, 0.3) is 0 Å². The molecule has 7 nitrogen and oxygen atoms in total. The summed E-state index contributed by atoms with van der Waals surface area (Å²) in [5.74, 6) is -0.145. The molecule has 2 aromatic carbocycles. The van der Waals surface area contributed by atoms with E-state index >= 15 is 0 Å². The number of fused-ring (bicyclic) bond motifs is 7. The number of aliphatic hydroxyl groups is 3. The number of nitrogen functional groups attached to an aromatic ring is 1. The van der Waals surface area contributed by atoms with Crippen molar-refractivity contribution in [2.24, 2.45) is 28.6 Å². The Labute approximate surface area is 247 Å². The smallest absolute Gasteiger partial charge is 0.193 e. The molecule has 5 N–H and O–H groups in total. The lowest BCUT2D eigenvalue weighted by Gasteiger charge is -2.60. The molecule has 1 unspecified atom stereocenters. The van der Waals surface area contributed by atoms with E-state index in [1.54, 1.807) is 0 Å². The second kappa shape index (κ2) is 9.86. The topological polar surface area (TPSA) is 122 Å². The Bertz CT molecular complexity index is 1450. The monoisotopic (exact) mass is 571 g/mol. The summed E-state index contributed by atoms with van der Waals surface area (Å²) in [6.45, 7) is 3.61. The molecule has 4 aliphatic carbocycles. The van der Waals surface area contributed by atoms with Gasteiger partial charge in [0.1, 0.15) is 6.61 Å². The second-order valence-electron chi connectivity index (χ2n) is 13.6. The molecule has 222 valence electrons. The largest absolute Gasteiger partial charge is 0.399 e. The highest BCUT2D eigenvalue weighted by Gasteiger charge is 2.75. The van der Waals surface area contributed by atoms with Crippen molar-refractivity contribution in [3.63, 3.8) is 0 Å². The summed E-state index contributed by atoms with van der Waals surface area (Å²) in [5.41, 5.74) is 8.58. The van der Waals surface area contributed by atoms with Crippen molar-refractivity contribution in [2.75, 3.05) is 12.3 Å². The number of carbonyl (C=O) groups is 1. The maximum Gasteiger partial charge on any atom is 0.193 e. The van der Waals surface area contributed by atoms with Gasteiger partial charge in [0.05, 0.1) is 18.3 Å². The third-order valence-corrected chi connectivity index (χ3v) is 11.5. The number of Topliss-reactive ketones (excluding diaryl/α,β-unsaturated/α-hetero) is 1. The lowest BCUT2D eigenvalue weighted by molar-refractivity contribution is -0.201. The Morgan fingerprint density at radius 2 is 1.88 bits per heavy atom. The third-order valence-electron chi connectivity index (χ3n) is 11.5. The van der Waals surface area contributed by atoms with Gasteiger partial charge in [-0.15, -0.1) is 0 Å². The van der Waals surface area contributed by atoms with Crippen LogP contribution in [0.2, 0.25) is 0 Å². The summed E-state index contributed by atoms with van der Waals surface area (Å²) in [6, 6.07) is 15.9. The second-order valence-corrected chi connectivity index (χ2v) is 13.6. The average molecular weight is 572 g/mol. The highest BCUT2D eigenvalue weighted by atomic mass is 16.7. The summed E-state index contributed by atoms with van der Waals surface area (Å²) in [6.07, 6.45) is 6.84. The molecule has 2 aromatic rings. The average Bonchev–Trinajstić information content (AvgIpc) is 3.46. The lowest BCUT2D eigenvalue weighted by Crippen LogP contribution is -2.63. The summed E-state index contributed by atoms with van der Waals surface area (Å²) in [4.78, 5) is 13.7. The first kappa shape index (κ1) is 28.0. The minimum Gasteiger partial charge on any atom is -0.399 e. The number of aliphatic hydroxyl groups excluding tert-OH is 3. The summed E-state index contributed by atoms with van der Waals surface area (Å²) >= 11 is 0. The molecule has 3 saturated carbocycles. The standard InChI is InChI=1S/C35H41NO6/c1-33-13-12-25(38)16-23(33)10-11-26-27-17-30-35(29(40)19-37,34(27,2)18-28(39)31(26)33)42-32(41-30)22-8-6-20(7-9-22)14-21-4-3-5-24(36)15-21/h3-9,12-13,15-16,25-28,30-32,37-39H,10-11,14,17-19,36H2,1-2H3/t25?,26-,27-,28-,30+,31+,32+,33-,34-,35+/m0/s1. The number of nitrogens with two attached hydrogens (primary N) is 1. The lowest BCUT2D eigenvalue weighted by atomic mass is 9.46. The quantitative estimate of drug-likeness (QED) is 0.313. The van der Waals surface area contributed by atoms with Gasteiger partial charge in [-0.1, -0.05) is 74.0 Å². The van der Waals surface area contributed by atoms with Crippen LogP contribution in [0.5, 0.6) is 0 Å². The van der Waals surface area contributed by atoms with Crippen molar-refractivity contribution in [3.05, 3.63) is 89.0 Å². The highest BCUT2D eigenvalue weighted by Crippen LogP contribution is 2.70. The zero-order valence-corrected chi connectivity index (χ0v) is 24.3. The molecule has 0 aromatic heterocycles. The zero-order valence-electron chi connectivity index (χ0n) is 24.3. The van der Waals surface area contributed by atoms with Crippen LogP contribution >= 0.6 is 0 Å². The van der Waals surface area contributed by atoms with Crippen LogP contribution < -0.4 is 5.73 Å². The zero-order chi connectivity index (χ0) is 29.4. The van der Waals surface area contributed by atoms with Crippen molar-refractivity contribution in [3.8, 4) is 0 Å². The number of ketones is 1. The number of allylic oxidation sites excluding steroid dienone is 2. The molecule has 5 aliphatic rings. The SMILES string of the molecule is C[C@]12C=CC(O)C=C1CC[C@@H]1[C@@H]2[C@@H](O)C[C@@]2(C)[C@H]1C[C@H]1O[C@@H](c3ccc(Cc4cccc(N)c4)cc3)O[C@]12C(=O)CO. The third kappa shape index (κ3) is 3.94. The first-order chi connectivity index (χ1) is 20.1. The fourth-order valence-corrected chi connectivity index (χ4v) is 9.69. The Morgan fingerprint density at radius 3 is 2.62 bits per heavy atom. The van der Waals surface area contributed by atoms with E-state index in [1.165, 1.54) is 5.57 Å². The van der Waals surface area contributed by atoms with Crippen LogP contribution in [0.1, 0.15) is 62.5 Å². The Balaban J connectivity index is 1.17. The van der Waals surface area contributed by atoms with Crippen molar-refractivity contribution in [2.45, 2.75) is 76.2 Å². The molecule has 0 radical (unpaired) electrons. The molecule has 0 spiro atoms. The molecule has 0 amide bonds. The molecular formula is C35H41NO6. The predicted molar refractivity (Wildman–Crippen MR) is 158 cm³/mol. The number of hydrogen-bond donors (Lipinski definition) is 4. The molecule has 1 saturated heterocycles. The number of ether oxygens (including phenoxy) is 2. The molecule has 42 heavy (non-hydrogen) atoms. The fourth-order valence-electron chi connectivity index (χ4n) is 9.69. The van der Waals surface area contributed by atoms with Gasteiger partial charge < -0.3 is 30.5 Å². The molecular weight excluding hydrogens is 530 g/mol. The van der Waals surface area contributed by atoms with Gasteiger partial charge in [0.15, 0.2) is 17.7 Å². The van der Waals surface area contributed by atoms with E-state index in [0.29, 0.717) is 12.8 Å². The van der Waals surface area contributed by atoms with Crippen molar-refractivity contribution < 1.29 is 29.6 Å². The van der Waals surface area contributed by atoms with Gasteiger partial charge in [-0.05, 0) is 67.2 Å². The summed E-state index contributed by atoms with van der Waals surface area (Å²) in [5, 5.41) is 32.3. The molecule has 7 rings (SSSR count). The predicted octanol–water partition coefficient (Wildman–Crippen LogP) is 4.25. The van der Waals surface area contributed by atoms with Gasteiger partial charge >= 0.3 is 0 Å². The van der Waals surface area contributed by atoms with Crippen LogP contribution in [0, 0.1) is 28.6 Å². The number of hydrogen-bond acceptors (Lipinski definition) is 7. The van der Waals surface area contributed by atoms with Gasteiger partial charge in [-0.3, -0.25) is 4.79 Å². The number of rotatable bonds is 5. The van der Waals surface area contributed by atoms with Crippen LogP contribution in [-0.4, -0.2) is 51.6 Å². The van der Waals surface area contributed by atoms with Gasteiger partial charge in [0.25, 0.3) is 0 Å². The van der Waals surface area contributed by atoms with Crippen molar-refractivity contribution in [1.29, 1.82) is 0 Å². The Hall–Kier alpha value is -2.81. The first-order valence-corrected chi connectivity index (χ1v) is 15.3. The first-order valence-electron chi connectivity index (χ1n) is 15.3. The maximum absolute atomic E-state index is 13.7. The molecule has 1 heterocycles. The van der Waals surface area contributed by atoms with Crippen LogP contribution in [0.4, 0.5) is 5.69 Å². The van der Waals surface area contributed by atoms with E-state index in [9.17, 15) is 20.1 Å². The van der Waals surface area contributed by atoms with Gasteiger partial charge in [0, 0.05) is 28.0 Å². The summed E-state index contributed by atoms with van der Waals surface area (Å²) < 4.78 is 13.3. The van der Waals surface area contributed by atoms with Crippen molar-refractivity contribution >= 4 is 11.5 Å². The highest BCUT2D eigenvalue weighted by molar-refractivity contribution is 5.91. The maximum atomic E-state index is 13.7. The summed E-state index contributed by atoms with van der Waals surface area (Å²) in [7, 11) is 0. The van der Waals surface area contributed by atoms with E-state index in [1.807, 2.05) is 54.6 Å². The minimum atomic E-state index is -1.33. The Morgan fingerprint density at radius 1 is 1.10 bits per heavy atom. The fraction of sp³-hybridized carbons (Fsp3) is 0.514. The van der Waals surface area contributed by atoms with E-state index in [4.69, 9.17) is 15.2 Å². The molecule has 4 fully saturated rings. The molecule has 0 bridgehead atoms. The van der Waals surface area contributed by atoms with Gasteiger partial charge in [0.2, 0.25) is 0 Å². The number of benzene rings is 2. The normalized spacial score (nSPS) is 41.8. The van der Waals surface area contributed by atoms with Crippen LogP contribution in [0.3, 0.4) is 0 Å². The van der Waals surface area contributed by atoms with Crippen LogP contribution in [-0.2, 0) is 20.7 Å².